The number of nitrogens with zero attached hydrogens (tertiary/aromatic N) is 1. The van der Waals surface area contributed by atoms with Crippen LogP contribution in [-0.2, 0) is 6.18 Å². The fraction of sp³-hybridized carbons (Fsp3) is 0.125. The van der Waals surface area contributed by atoms with Crippen molar-refractivity contribution in [3.63, 3.8) is 0 Å². The number of carbonyl (C=O) groups is 1. The van der Waals surface area contributed by atoms with Crippen molar-refractivity contribution in [1.82, 2.24) is 5.43 Å². The minimum absolute atomic E-state index is 0.0429. The first kappa shape index (κ1) is 16.5. The number of nitrogens with one attached hydrogen (secondary N) is 1. The topological polar surface area (TPSA) is 61.7 Å². The van der Waals surface area contributed by atoms with Gasteiger partial charge in [-0.05, 0) is 31.2 Å². The smallest absolute Gasteiger partial charge is 0.417 e. The van der Waals surface area contributed by atoms with Crippen molar-refractivity contribution in [3.8, 4) is 5.75 Å². The quantitative estimate of drug-likeness (QED) is 0.670. The lowest BCUT2D eigenvalue weighted by Gasteiger charge is -2.11. The van der Waals surface area contributed by atoms with Gasteiger partial charge in [-0.25, -0.2) is 5.43 Å². The van der Waals surface area contributed by atoms with Crippen LogP contribution < -0.4 is 5.43 Å². The Morgan fingerprint density at radius 1 is 1.04 bits per heavy atom. The number of phenols is 1. The third-order valence-corrected chi connectivity index (χ3v) is 3.10. The van der Waals surface area contributed by atoms with Crippen molar-refractivity contribution in [2.45, 2.75) is 13.1 Å². The molecular weight excluding hydrogens is 309 g/mol. The maximum atomic E-state index is 12.9. The van der Waals surface area contributed by atoms with Gasteiger partial charge >= 0.3 is 6.18 Å². The maximum absolute atomic E-state index is 12.9. The van der Waals surface area contributed by atoms with Crippen LogP contribution >= 0.6 is 0 Å². The molecule has 0 aliphatic carbocycles. The summed E-state index contributed by atoms with van der Waals surface area (Å²) in [6, 6.07) is 10.7. The fourth-order valence-corrected chi connectivity index (χ4v) is 1.96. The second kappa shape index (κ2) is 6.51. The van der Waals surface area contributed by atoms with Crippen LogP contribution in [0.15, 0.2) is 53.6 Å². The number of para-hydroxylation sites is 1. The first-order valence-electron chi connectivity index (χ1n) is 6.60. The first-order chi connectivity index (χ1) is 10.8. The van der Waals surface area contributed by atoms with Crippen LogP contribution in [0.25, 0.3) is 0 Å². The molecule has 0 radical (unpaired) electrons. The van der Waals surface area contributed by atoms with Crippen LogP contribution in [0, 0.1) is 0 Å². The van der Waals surface area contributed by atoms with E-state index in [1.807, 2.05) is 0 Å². The predicted octanol–water partition coefficient (Wildman–Crippen LogP) is 3.57. The van der Waals surface area contributed by atoms with Gasteiger partial charge in [-0.3, -0.25) is 4.79 Å². The number of hydrazone groups is 1. The van der Waals surface area contributed by atoms with Crippen molar-refractivity contribution < 1.29 is 23.1 Å². The average Bonchev–Trinajstić information content (AvgIpc) is 2.52. The van der Waals surface area contributed by atoms with Crippen molar-refractivity contribution in [3.05, 3.63) is 65.2 Å². The number of halogens is 3. The number of amides is 1. The molecule has 0 heterocycles. The molecule has 2 rings (SSSR count). The number of rotatable bonds is 3. The van der Waals surface area contributed by atoms with Gasteiger partial charge in [0, 0.05) is 5.56 Å². The molecule has 0 atom stereocenters. The molecule has 23 heavy (non-hydrogen) atoms. The highest BCUT2D eigenvalue weighted by atomic mass is 19.4. The lowest BCUT2D eigenvalue weighted by molar-refractivity contribution is -0.137. The second-order valence-corrected chi connectivity index (χ2v) is 4.70. The predicted molar refractivity (Wildman–Crippen MR) is 79.2 cm³/mol. The molecule has 120 valence electrons. The van der Waals surface area contributed by atoms with Crippen LogP contribution in [0.1, 0.15) is 28.4 Å². The molecule has 0 bridgehead atoms. The van der Waals surface area contributed by atoms with Crippen molar-refractivity contribution in [2.75, 3.05) is 0 Å². The summed E-state index contributed by atoms with van der Waals surface area (Å²) in [4.78, 5) is 12.0. The third kappa shape index (κ3) is 3.88. The molecule has 0 saturated carbocycles. The van der Waals surface area contributed by atoms with E-state index in [9.17, 15) is 23.1 Å². The number of carbonyl (C=O) groups excluding carboxylic acids is 1. The number of benzene rings is 2. The monoisotopic (exact) mass is 322 g/mol. The van der Waals surface area contributed by atoms with E-state index in [2.05, 4.69) is 10.5 Å². The fourth-order valence-electron chi connectivity index (χ4n) is 1.96. The minimum atomic E-state index is -4.63. The Kier molecular flexibility index (Phi) is 4.68. The van der Waals surface area contributed by atoms with Gasteiger partial charge < -0.3 is 5.11 Å². The summed E-state index contributed by atoms with van der Waals surface area (Å²) in [5.74, 6) is -1.02. The number of phenolic OH excluding ortho intramolecular Hbond substituents is 1. The van der Waals surface area contributed by atoms with Crippen LogP contribution in [0.2, 0.25) is 0 Å². The number of hydrogen-bond donors (Lipinski definition) is 2. The molecule has 0 spiro atoms. The molecular formula is C16H13F3N2O2. The second-order valence-electron chi connectivity index (χ2n) is 4.70. The summed E-state index contributed by atoms with van der Waals surface area (Å²) in [5, 5.41) is 13.4. The molecule has 2 aromatic carbocycles. The van der Waals surface area contributed by atoms with Gasteiger partial charge in [0.1, 0.15) is 5.75 Å². The minimum Gasteiger partial charge on any atom is -0.507 e. The summed E-state index contributed by atoms with van der Waals surface area (Å²) in [5.41, 5.74) is 1.16. The van der Waals surface area contributed by atoms with E-state index in [0.29, 0.717) is 5.56 Å². The van der Waals surface area contributed by atoms with Gasteiger partial charge in [0.05, 0.1) is 16.8 Å². The molecule has 2 aromatic rings. The SMILES string of the molecule is CC(=NNC(=O)c1ccccc1C(F)(F)F)c1ccccc1O. The van der Waals surface area contributed by atoms with E-state index >= 15 is 0 Å². The average molecular weight is 322 g/mol. The van der Waals surface area contributed by atoms with E-state index in [0.717, 1.165) is 12.1 Å². The molecule has 7 heteroatoms. The molecule has 0 fully saturated rings. The standard InChI is InChI=1S/C16H13F3N2O2/c1-10(11-6-3-5-9-14(11)22)20-21-15(23)12-7-2-4-8-13(12)16(17,18)19/h2-9,22H,1H3,(H,21,23). The van der Waals surface area contributed by atoms with Gasteiger partial charge in [0.2, 0.25) is 0 Å². The van der Waals surface area contributed by atoms with Gasteiger partial charge in [-0.1, -0.05) is 24.3 Å². The summed E-state index contributed by atoms with van der Waals surface area (Å²) >= 11 is 0. The first-order valence-corrected chi connectivity index (χ1v) is 6.60. The Morgan fingerprint density at radius 2 is 1.61 bits per heavy atom. The molecule has 4 nitrogen and oxygen atoms in total. The summed E-state index contributed by atoms with van der Waals surface area (Å²) in [6.45, 7) is 1.52. The molecule has 2 N–H and O–H groups in total. The van der Waals surface area contributed by atoms with Gasteiger partial charge in [-0.15, -0.1) is 0 Å². The summed E-state index contributed by atoms with van der Waals surface area (Å²) in [7, 11) is 0. The summed E-state index contributed by atoms with van der Waals surface area (Å²) in [6.07, 6.45) is -4.63. The van der Waals surface area contributed by atoms with E-state index in [-0.39, 0.29) is 11.5 Å². The van der Waals surface area contributed by atoms with Gasteiger partial charge in [0.25, 0.3) is 5.91 Å². The van der Waals surface area contributed by atoms with E-state index in [1.54, 1.807) is 18.2 Å². The van der Waals surface area contributed by atoms with E-state index in [1.165, 1.54) is 25.1 Å². The Hall–Kier alpha value is -2.83. The number of alkyl halides is 3. The van der Waals surface area contributed by atoms with Gasteiger partial charge in [-0.2, -0.15) is 18.3 Å². The molecule has 0 aromatic heterocycles. The highest BCUT2D eigenvalue weighted by Gasteiger charge is 2.34. The molecule has 1 amide bonds. The van der Waals surface area contributed by atoms with Gasteiger partial charge in [0.15, 0.2) is 0 Å². The highest BCUT2D eigenvalue weighted by Crippen LogP contribution is 2.31. The molecule has 0 saturated heterocycles. The number of hydrogen-bond acceptors (Lipinski definition) is 3. The Labute approximate surface area is 130 Å². The van der Waals surface area contributed by atoms with E-state index < -0.39 is 23.2 Å². The lowest BCUT2D eigenvalue weighted by Crippen LogP contribution is -2.23. The molecule has 0 unspecified atom stereocenters. The van der Waals surface area contributed by atoms with Crippen molar-refractivity contribution in [2.24, 2.45) is 5.10 Å². The van der Waals surface area contributed by atoms with Crippen LogP contribution in [0.5, 0.6) is 5.75 Å². The third-order valence-electron chi connectivity index (χ3n) is 3.10. The van der Waals surface area contributed by atoms with Crippen LogP contribution in [0.3, 0.4) is 0 Å². The zero-order valence-corrected chi connectivity index (χ0v) is 12.1. The lowest BCUT2D eigenvalue weighted by atomic mass is 10.1. The Bertz CT molecular complexity index is 755. The Morgan fingerprint density at radius 3 is 2.22 bits per heavy atom. The summed E-state index contributed by atoms with van der Waals surface area (Å²) < 4.78 is 38.6. The van der Waals surface area contributed by atoms with Crippen LogP contribution in [-0.4, -0.2) is 16.7 Å². The van der Waals surface area contributed by atoms with Crippen LogP contribution in [0.4, 0.5) is 13.2 Å². The number of aromatic hydroxyl groups is 1. The zero-order chi connectivity index (χ0) is 17.0. The largest absolute Gasteiger partial charge is 0.507 e. The highest BCUT2D eigenvalue weighted by molar-refractivity contribution is 6.02. The van der Waals surface area contributed by atoms with E-state index in [4.69, 9.17) is 0 Å². The van der Waals surface area contributed by atoms with Crippen molar-refractivity contribution >= 4 is 11.6 Å². The molecule has 0 aliphatic heterocycles. The maximum Gasteiger partial charge on any atom is 0.417 e. The zero-order valence-electron chi connectivity index (χ0n) is 12.1. The Balaban J connectivity index is 2.24. The molecule has 0 aliphatic rings. The van der Waals surface area contributed by atoms with Crippen molar-refractivity contribution in [1.29, 1.82) is 0 Å². The normalized spacial score (nSPS) is 12.1.